The van der Waals surface area contributed by atoms with Crippen LogP contribution >= 0.6 is 0 Å². The highest BCUT2D eigenvalue weighted by atomic mass is 16.3. The van der Waals surface area contributed by atoms with Crippen LogP contribution in [0, 0.1) is 6.92 Å². The Morgan fingerprint density at radius 1 is 0.314 bits per heavy atom. The van der Waals surface area contributed by atoms with Crippen molar-refractivity contribution in [3.05, 3.63) is 283 Å². The summed E-state index contributed by atoms with van der Waals surface area (Å²) in [5.74, 6) is 0. The van der Waals surface area contributed by atoms with E-state index in [9.17, 15) is 0 Å². The van der Waals surface area contributed by atoms with Crippen LogP contribution in [0.2, 0.25) is 0 Å². The second-order valence-electron chi connectivity index (χ2n) is 18.8. The summed E-state index contributed by atoms with van der Waals surface area (Å²) >= 11 is 0. The van der Waals surface area contributed by atoms with Crippen LogP contribution < -0.4 is 4.90 Å². The molecular formula is C68H45NO. The number of rotatable bonds is 7. The molecule has 0 N–H and O–H groups in total. The van der Waals surface area contributed by atoms with E-state index in [2.05, 4.69) is 254 Å². The van der Waals surface area contributed by atoms with Gasteiger partial charge in [-0.1, -0.05) is 212 Å². The van der Waals surface area contributed by atoms with Gasteiger partial charge in [-0.15, -0.1) is 0 Å². The second-order valence-corrected chi connectivity index (χ2v) is 18.8. The summed E-state index contributed by atoms with van der Waals surface area (Å²) in [4.78, 5) is 2.38. The molecule has 1 aliphatic rings. The van der Waals surface area contributed by atoms with Crippen LogP contribution in [0.4, 0.5) is 17.1 Å². The fourth-order valence-corrected chi connectivity index (χ4v) is 11.9. The molecule has 1 heterocycles. The zero-order valence-electron chi connectivity index (χ0n) is 38.6. The summed E-state index contributed by atoms with van der Waals surface area (Å²) < 4.78 is 6.50. The zero-order chi connectivity index (χ0) is 46.3. The van der Waals surface area contributed by atoms with Gasteiger partial charge in [-0.3, -0.25) is 0 Å². The standard InChI is InChI=1S/C68H45NO/c1-44-14-12-15-49(42-44)68(64-25-9-6-20-59(64)60-21-7-10-26-65(60)68)48-33-39-52(40-34-48)69(51-37-30-46(31-38-51)53-23-13-24-62-61-22-8-11-27-66(61)70-67(53)62)50-35-28-45(29-36-50)47-32-41-58-56-18-3-2-16-54(56)55-17-4-5-19-57(55)63(58)43-47/h2-43H,1H3. The highest BCUT2D eigenvalue weighted by Gasteiger charge is 2.46. The van der Waals surface area contributed by atoms with Gasteiger partial charge in [0.25, 0.3) is 0 Å². The van der Waals surface area contributed by atoms with E-state index in [0.29, 0.717) is 0 Å². The maximum Gasteiger partial charge on any atom is 0.143 e. The number of aryl methyl sites for hydroxylation is 1. The molecule has 13 aromatic rings. The number of anilines is 3. The predicted molar refractivity (Wildman–Crippen MR) is 294 cm³/mol. The van der Waals surface area contributed by atoms with Crippen molar-refractivity contribution >= 4 is 71.3 Å². The van der Waals surface area contributed by atoms with Gasteiger partial charge in [-0.2, -0.15) is 0 Å². The molecule has 2 nitrogen and oxygen atoms in total. The Hall–Kier alpha value is -8.98. The molecule has 0 saturated carbocycles. The van der Waals surface area contributed by atoms with Gasteiger partial charge in [0.2, 0.25) is 0 Å². The average molecular weight is 892 g/mol. The fourth-order valence-electron chi connectivity index (χ4n) is 11.9. The molecule has 70 heavy (non-hydrogen) atoms. The van der Waals surface area contributed by atoms with E-state index in [4.69, 9.17) is 4.42 Å². The number of para-hydroxylation sites is 2. The van der Waals surface area contributed by atoms with Crippen LogP contribution in [0.3, 0.4) is 0 Å². The molecule has 1 aromatic heterocycles. The lowest BCUT2D eigenvalue weighted by molar-refractivity contribution is 0.670. The van der Waals surface area contributed by atoms with Crippen molar-refractivity contribution in [2.75, 3.05) is 4.90 Å². The molecule has 14 rings (SSSR count). The Morgan fingerprint density at radius 2 is 0.786 bits per heavy atom. The molecule has 12 aromatic carbocycles. The Morgan fingerprint density at radius 3 is 1.41 bits per heavy atom. The molecule has 0 amide bonds. The highest BCUT2D eigenvalue weighted by Crippen LogP contribution is 2.56. The van der Waals surface area contributed by atoms with Crippen molar-refractivity contribution in [2.24, 2.45) is 0 Å². The van der Waals surface area contributed by atoms with E-state index >= 15 is 0 Å². The summed E-state index contributed by atoms with van der Waals surface area (Å²) in [6.07, 6.45) is 0. The lowest BCUT2D eigenvalue weighted by Crippen LogP contribution is -2.28. The largest absolute Gasteiger partial charge is 0.455 e. The summed E-state index contributed by atoms with van der Waals surface area (Å²) in [5, 5.41) is 9.94. The topological polar surface area (TPSA) is 16.4 Å². The second kappa shape index (κ2) is 15.8. The molecule has 0 aliphatic heterocycles. The summed E-state index contributed by atoms with van der Waals surface area (Å²) in [6, 6.07) is 93.7. The lowest BCUT2D eigenvalue weighted by Gasteiger charge is -2.34. The normalized spacial score (nSPS) is 12.8. The number of furan rings is 1. The number of benzene rings is 12. The van der Waals surface area contributed by atoms with Crippen LogP contribution in [-0.2, 0) is 5.41 Å². The van der Waals surface area contributed by atoms with E-state index < -0.39 is 5.41 Å². The summed E-state index contributed by atoms with van der Waals surface area (Å²) in [5.41, 5.74) is 18.0. The van der Waals surface area contributed by atoms with Crippen molar-refractivity contribution in [3.8, 4) is 33.4 Å². The molecule has 0 unspecified atom stereocenters. The maximum atomic E-state index is 6.50. The van der Waals surface area contributed by atoms with Gasteiger partial charge in [0.1, 0.15) is 11.2 Å². The van der Waals surface area contributed by atoms with Gasteiger partial charge < -0.3 is 9.32 Å². The van der Waals surface area contributed by atoms with Crippen LogP contribution in [0.5, 0.6) is 0 Å². The first-order valence-corrected chi connectivity index (χ1v) is 24.2. The van der Waals surface area contributed by atoms with Crippen molar-refractivity contribution in [1.82, 2.24) is 0 Å². The van der Waals surface area contributed by atoms with Gasteiger partial charge >= 0.3 is 0 Å². The number of hydrogen-bond donors (Lipinski definition) is 0. The minimum atomic E-state index is -0.485. The minimum Gasteiger partial charge on any atom is -0.455 e. The molecule has 0 saturated heterocycles. The van der Waals surface area contributed by atoms with Gasteiger partial charge in [-0.25, -0.2) is 0 Å². The molecule has 0 atom stereocenters. The van der Waals surface area contributed by atoms with E-state index in [1.54, 1.807) is 0 Å². The van der Waals surface area contributed by atoms with E-state index in [1.807, 2.05) is 12.1 Å². The first kappa shape index (κ1) is 40.1. The SMILES string of the molecule is Cc1cccc(C2(c3ccc(N(c4ccc(-c5ccc6c7ccccc7c7ccccc7c6c5)cc4)c4ccc(-c5cccc6c5oc5ccccc56)cc4)cc3)c3ccccc3-c3ccccc32)c1. The van der Waals surface area contributed by atoms with Crippen LogP contribution in [0.1, 0.15) is 27.8 Å². The molecular weight excluding hydrogens is 847 g/mol. The lowest BCUT2D eigenvalue weighted by atomic mass is 9.67. The molecule has 2 heteroatoms. The monoisotopic (exact) mass is 891 g/mol. The number of hydrogen-bond acceptors (Lipinski definition) is 2. The molecule has 1 aliphatic carbocycles. The van der Waals surface area contributed by atoms with E-state index in [1.165, 1.54) is 82.4 Å². The van der Waals surface area contributed by atoms with Gasteiger partial charge in [-0.05, 0) is 138 Å². The van der Waals surface area contributed by atoms with Crippen LogP contribution in [0.15, 0.2) is 259 Å². The number of fused-ring (bicyclic) bond motifs is 12. The minimum absolute atomic E-state index is 0.485. The summed E-state index contributed by atoms with van der Waals surface area (Å²) in [6.45, 7) is 2.20. The van der Waals surface area contributed by atoms with Crippen molar-refractivity contribution in [2.45, 2.75) is 12.3 Å². The Balaban J connectivity index is 0.905. The first-order chi connectivity index (χ1) is 34.6. The Bertz CT molecular complexity index is 4100. The molecule has 0 bridgehead atoms. The molecule has 0 fully saturated rings. The third kappa shape index (κ3) is 6.06. The Kier molecular flexibility index (Phi) is 9.06. The maximum absolute atomic E-state index is 6.50. The number of nitrogens with zero attached hydrogens (tertiary/aromatic N) is 1. The van der Waals surface area contributed by atoms with Crippen molar-refractivity contribution in [3.63, 3.8) is 0 Å². The average Bonchev–Trinajstić information content (AvgIpc) is 3.96. The Labute approximate surface area is 407 Å². The van der Waals surface area contributed by atoms with Gasteiger partial charge in [0, 0.05) is 33.4 Å². The van der Waals surface area contributed by atoms with E-state index in [0.717, 1.165) is 50.1 Å². The molecule has 328 valence electrons. The predicted octanol–water partition coefficient (Wildman–Crippen LogP) is 18.5. The van der Waals surface area contributed by atoms with Gasteiger partial charge in [0.15, 0.2) is 0 Å². The van der Waals surface area contributed by atoms with Crippen LogP contribution in [-0.4, -0.2) is 0 Å². The third-order valence-electron chi connectivity index (χ3n) is 15.0. The molecule has 0 spiro atoms. The highest BCUT2D eigenvalue weighted by molar-refractivity contribution is 6.25. The third-order valence-corrected chi connectivity index (χ3v) is 15.0. The quantitative estimate of drug-likeness (QED) is 0.148. The van der Waals surface area contributed by atoms with Gasteiger partial charge in [0.05, 0.1) is 5.41 Å². The zero-order valence-corrected chi connectivity index (χ0v) is 38.6. The first-order valence-electron chi connectivity index (χ1n) is 24.2. The van der Waals surface area contributed by atoms with E-state index in [-0.39, 0.29) is 0 Å². The smallest absolute Gasteiger partial charge is 0.143 e. The fraction of sp³-hybridized carbons (Fsp3) is 0.0294. The summed E-state index contributed by atoms with van der Waals surface area (Å²) in [7, 11) is 0. The van der Waals surface area contributed by atoms with Crippen molar-refractivity contribution < 1.29 is 4.42 Å². The van der Waals surface area contributed by atoms with Crippen molar-refractivity contribution in [1.29, 1.82) is 0 Å². The molecule has 0 radical (unpaired) electrons. The van der Waals surface area contributed by atoms with Crippen LogP contribution in [0.25, 0.3) is 87.6 Å².